The van der Waals surface area contributed by atoms with Crippen LogP contribution in [0.15, 0.2) is 103 Å². The molecule has 4 aliphatic rings. The van der Waals surface area contributed by atoms with E-state index in [4.69, 9.17) is 9.47 Å². The van der Waals surface area contributed by atoms with Gasteiger partial charge in [0.05, 0.1) is 43.1 Å². The van der Waals surface area contributed by atoms with Crippen LogP contribution in [-0.4, -0.2) is 64.5 Å². The lowest BCUT2D eigenvalue weighted by Gasteiger charge is -2.50. The summed E-state index contributed by atoms with van der Waals surface area (Å²) in [4.78, 5) is 60.1. The van der Waals surface area contributed by atoms with E-state index in [1.54, 1.807) is 36.4 Å². The lowest BCUT2D eigenvalue weighted by Crippen LogP contribution is -2.53. The molecule has 11 heteroatoms. The Morgan fingerprint density at radius 2 is 1.48 bits per heavy atom. The minimum atomic E-state index is -1.48. The molecule has 2 aliphatic carbocycles. The number of rotatable bonds is 9. The molecule has 3 fully saturated rings. The molecule has 2 heterocycles. The van der Waals surface area contributed by atoms with Crippen molar-refractivity contribution in [2.45, 2.75) is 37.5 Å². The van der Waals surface area contributed by atoms with E-state index in [1.165, 1.54) is 19.1 Å². The number of allylic oxidation sites excluding steroid dienone is 2. The lowest BCUT2D eigenvalue weighted by molar-refractivity contribution is -0.141. The smallest absolute Gasteiger partial charge is 0.260 e. The van der Waals surface area contributed by atoms with E-state index in [1.807, 2.05) is 67.6 Å². The summed E-state index contributed by atoms with van der Waals surface area (Å²) in [5.74, 6) is -4.92. The van der Waals surface area contributed by atoms with Crippen LogP contribution >= 0.6 is 0 Å². The number of aryl methyl sites for hydroxylation is 1. The van der Waals surface area contributed by atoms with Gasteiger partial charge in [0.15, 0.2) is 11.5 Å². The summed E-state index contributed by atoms with van der Waals surface area (Å²) < 4.78 is 11.2. The fraction of sp³-hybridized carbons (Fsp3) is 0.302. The maximum Gasteiger partial charge on any atom is 0.260 e. The van der Waals surface area contributed by atoms with Gasteiger partial charge in [0.1, 0.15) is 5.75 Å². The number of ether oxygens (including phenoxy) is 2. The third-order valence-electron chi connectivity index (χ3n) is 11.9. The normalized spacial score (nSPS) is 25.9. The Morgan fingerprint density at radius 1 is 0.815 bits per heavy atom. The number of likely N-dealkylation sites (tertiary alicyclic amines) is 1. The number of methoxy groups -OCH3 is 2. The van der Waals surface area contributed by atoms with Gasteiger partial charge in [-0.2, -0.15) is 5.01 Å². The van der Waals surface area contributed by atoms with Gasteiger partial charge in [0.2, 0.25) is 17.6 Å². The molecule has 2 saturated heterocycles. The summed E-state index contributed by atoms with van der Waals surface area (Å²) in [6.07, 6.45) is 2.85. The van der Waals surface area contributed by atoms with Gasteiger partial charge >= 0.3 is 0 Å². The Balaban J connectivity index is 1.28. The minimum Gasteiger partial charge on any atom is -0.508 e. The minimum absolute atomic E-state index is 0.124. The van der Waals surface area contributed by atoms with Gasteiger partial charge in [-0.3, -0.25) is 29.5 Å². The Labute approximate surface area is 312 Å². The quantitative estimate of drug-likeness (QED) is 0.147. The molecular formula is C43H41N3O8. The van der Waals surface area contributed by atoms with E-state index in [9.17, 15) is 24.6 Å². The number of amides is 4. The Bertz CT molecular complexity index is 2160. The van der Waals surface area contributed by atoms with E-state index < -0.39 is 46.8 Å². The average Bonchev–Trinajstić information content (AvgIpc) is 3.56. The van der Waals surface area contributed by atoms with Crippen molar-refractivity contribution in [1.82, 2.24) is 9.91 Å². The molecule has 54 heavy (non-hydrogen) atoms. The van der Waals surface area contributed by atoms with Crippen molar-refractivity contribution in [2.75, 3.05) is 26.2 Å². The van der Waals surface area contributed by atoms with Crippen molar-refractivity contribution >= 4 is 29.3 Å². The number of carbonyl (C=O) groups is 4. The molecule has 8 rings (SSSR count). The highest BCUT2D eigenvalue weighted by Gasteiger charge is 2.70. The first-order chi connectivity index (χ1) is 26.1. The molecule has 3 N–H and O–H groups in total. The fourth-order valence-corrected chi connectivity index (χ4v) is 9.39. The van der Waals surface area contributed by atoms with E-state index in [0.717, 1.165) is 21.7 Å². The van der Waals surface area contributed by atoms with Gasteiger partial charge < -0.3 is 19.7 Å². The highest BCUT2D eigenvalue weighted by Crippen LogP contribution is 2.64. The van der Waals surface area contributed by atoms with Crippen LogP contribution in [0.3, 0.4) is 0 Å². The fourth-order valence-electron chi connectivity index (χ4n) is 9.39. The SMILES string of the molecule is COc1cc(C2C3=CCC4C(=O)N(CCc5ccc(O)cc5)C(=O)C4C3CC3C(=O)N(Nc4ccc(C)cc4)C(=O)C32c2ccccc2)cc(OC)c1O. The predicted molar refractivity (Wildman–Crippen MR) is 199 cm³/mol. The van der Waals surface area contributed by atoms with E-state index in [-0.39, 0.29) is 54.2 Å². The van der Waals surface area contributed by atoms with Gasteiger partial charge in [-0.15, -0.1) is 0 Å². The number of hydrogen-bond donors (Lipinski definition) is 3. The van der Waals surface area contributed by atoms with Crippen molar-refractivity contribution in [1.29, 1.82) is 0 Å². The van der Waals surface area contributed by atoms with E-state index >= 15 is 4.79 Å². The number of phenolic OH excluding ortho intramolecular Hbond substituents is 2. The standard InChI is InChI=1S/C43H41N3O8/c1-24-9-13-28(14-10-24)44-46-40(50)33-23-32-30(17-18-31-36(32)41(51)45(39(31)49)20-19-25-11-15-29(47)16-12-25)37(26-21-34(53-2)38(48)35(22-26)54-3)43(33,42(46)52)27-7-5-4-6-8-27/h4-17,21-22,31-33,36-37,44,47-48H,18-20,23H2,1-3H3. The zero-order chi connectivity index (χ0) is 37.9. The highest BCUT2D eigenvalue weighted by molar-refractivity contribution is 6.13. The molecule has 2 aliphatic heterocycles. The number of imide groups is 2. The maximum atomic E-state index is 15.4. The topological polar surface area (TPSA) is 146 Å². The molecule has 11 nitrogen and oxygen atoms in total. The van der Waals surface area contributed by atoms with Crippen LogP contribution in [0.1, 0.15) is 41.0 Å². The summed E-state index contributed by atoms with van der Waals surface area (Å²) in [5.41, 5.74) is 6.05. The van der Waals surface area contributed by atoms with Crippen molar-refractivity contribution in [3.05, 3.63) is 125 Å². The first-order valence-corrected chi connectivity index (χ1v) is 18.1. The van der Waals surface area contributed by atoms with E-state index in [2.05, 4.69) is 5.43 Å². The monoisotopic (exact) mass is 727 g/mol. The van der Waals surface area contributed by atoms with Crippen LogP contribution < -0.4 is 14.9 Å². The molecule has 0 radical (unpaired) electrons. The predicted octanol–water partition coefficient (Wildman–Crippen LogP) is 5.65. The number of phenols is 2. The lowest BCUT2D eigenvalue weighted by atomic mass is 9.49. The third kappa shape index (κ3) is 5.32. The summed E-state index contributed by atoms with van der Waals surface area (Å²) in [6, 6.07) is 26.7. The number of anilines is 1. The Kier molecular flexibility index (Phi) is 8.67. The molecule has 0 aromatic heterocycles. The average molecular weight is 728 g/mol. The Morgan fingerprint density at radius 3 is 2.13 bits per heavy atom. The summed E-state index contributed by atoms with van der Waals surface area (Å²) >= 11 is 0. The molecule has 1 saturated carbocycles. The number of benzene rings is 4. The number of hydrazine groups is 1. The number of nitrogens with one attached hydrogen (secondary N) is 1. The third-order valence-corrected chi connectivity index (χ3v) is 11.9. The van der Waals surface area contributed by atoms with Crippen LogP contribution in [0.25, 0.3) is 0 Å². The molecule has 0 spiro atoms. The second kappa shape index (κ2) is 13.4. The van der Waals surface area contributed by atoms with Crippen LogP contribution in [0.2, 0.25) is 0 Å². The van der Waals surface area contributed by atoms with Gasteiger partial charge in [-0.25, -0.2) is 0 Å². The van der Waals surface area contributed by atoms with Crippen molar-refractivity contribution in [3.8, 4) is 23.0 Å². The number of carbonyl (C=O) groups excluding carboxylic acids is 4. The molecule has 4 aromatic rings. The van der Waals surface area contributed by atoms with Crippen LogP contribution in [0.4, 0.5) is 5.69 Å². The molecule has 0 bridgehead atoms. The second-order valence-corrected chi connectivity index (χ2v) is 14.6. The first-order valence-electron chi connectivity index (χ1n) is 18.1. The summed E-state index contributed by atoms with van der Waals surface area (Å²) in [5, 5.41) is 21.8. The maximum absolute atomic E-state index is 15.4. The summed E-state index contributed by atoms with van der Waals surface area (Å²) in [7, 11) is 2.85. The van der Waals surface area contributed by atoms with Crippen molar-refractivity contribution in [2.24, 2.45) is 23.7 Å². The number of fused-ring (bicyclic) bond motifs is 4. The first kappa shape index (κ1) is 35.0. The zero-order valence-corrected chi connectivity index (χ0v) is 30.2. The van der Waals surface area contributed by atoms with E-state index in [0.29, 0.717) is 23.2 Å². The largest absolute Gasteiger partial charge is 0.508 e. The van der Waals surface area contributed by atoms with Gasteiger partial charge in [-0.05, 0) is 85.2 Å². The van der Waals surface area contributed by atoms with Crippen LogP contribution in [0.5, 0.6) is 23.0 Å². The molecule has 276 valence electrons. The molecule has 4 aromatic carbocycles. The number of nitrogens with zero attached hydrogens (tertiary/aromatic N) is 2. The van der Waals surface area contributed by atoms with Crippen LogP contribution in [0, 0.1) is 30.6 Å². The van der Waals surface area contributed by atoms with Gasteiger partial charge in [0, 0.05) is 12.5 Å². The molecule has 6 unspecified atom stereocenters. The highest BCUT2D eigenvalue weighted by atomic mass is 16.5. The van der Waals surface area contributed by atoms with Gasteiger partial charge in [-0.1, -0.05) is 71.8 Å². The Hall–Kier alpha value is -6.10. The second-order valence-electron chi connectivity index (χ2n) is 14.6. The van der Waals surface area contributed by atoms with Crippen molar-refractivity contribution in [3.63, 3.8) is 0 Å². The number of aromatic hydroxyl groups is 2. The van der Waals surface area contributed by atoms with Crippen LogP contribution in [-0.2, 0) is 31.0 Å². The zero-order valence-electron chi connectivity index (χ0n) is 30.2. The molecular weight excluding hydrogens is 686 g/mol. The van der Waals surface area contributed by atoms with Crippen molar-refractivity contribution < 1.29 is 38.9 Å². The molecule has 6 atom stereocenters. The summed E-state index contributed by atoms with van der Waals surface area (Å²) in [6.45, 7) is 2.13. The van der Waals surface area contributed by atoms with Gasteiger partial charge in [0.25, 0.3) is 11.8 Å². The number of hydrogen-bond acceptors (Lipinski definition) is 9. The molecule has 4 amide bonds.